The molecule has 1 aromatic carbocycles. The van der Waals surface area contributed by atoms with Crippen LogP contribution < -0.4 is 9.46 Å². The lowest BCUT2D eigenvalue weighted by molar-refractivity contribution is 0.227. The van der Waals surface area contributed by atoms with E-state index in [2.05, 4.69) is 4.72 Å². The predicted octanol–water partition coefficient (Wildman–Crippen LogP) is 1.13. The summed E-state index contributed by atoms with van der Waals surface area (Å²) in [7, 11) is -2.57. The van der Waals surface area contributed by atoms with Crippen LogP contribution in [0.5, 0.6) is 5.75 Å². The largest absolute Gasteiger partial charge is 0.494 e. The van der Waals surface area contributed by atoms with Gasteiger partial charge in [0.15, 0.2) is 11.6 Å². The van der Waals surface area contributed by atoms with Crippen LogP contribution >= 0.6 is 0 Å². The molecule has 19 heavy (non-hydrogen) atoms. The molecule has 0 unspecified atom stereocenters. The minimum absolute atomic E-state index is 0.0264. The van der Waals surface area contributed by atoms with Crippen LogP contribution in [0.3, 0.4) is 0 Å². The van der Waals surface area contributed by atoms with Crippen LogP contribution in [0.1, 0.15) is 13.8 Å². The second-order valence-corrected chi connectivity index (χ2v) is 6.16. The number of aliphatic hydroxyl groups excluding tert-OH is 1. The first-order valence-corrected chi connectivity index (χ1v) is 7.27. The average molecular weight is 291 g/mol. The predicted molar refractivity (Wildman–Crippen MR) is 69.0 cm³/mol. The fraction of sp³-hybridized carbons (Fsp3) is 0.500. The molecule has 0 spiro atoms. The number of nitrogens with one attached hydrogen (secondary N) is 1. The molecular weight excluding hydrogens is 273 g/mol. The normalized spacial score (nSPS) is 13.6. The Morgan fingerprint density at radius 3 is 2.47 bits per heavy atom. The number of hydrogen-bond donors (Lipinski definition) is 2. The van der Waals surface area contributed by atoms with Gasteiger partial charge in [0.1, 0.15) is 0 Å². The zero-order valence-corrected chi connectivity index (χ0v) is 11.9. The molecule has 0 aliphatic carbocycles. The van der Waals surface area contributed by atoms with Crippen molar-refractivity contribution in [3.05, 3.63) is 24.0 Å². The number of sulfonamides is 1. The van der Waals surface area contributed by atoms with Crippen molar-refractivity contribution in [2.45, 2.75) is 24.8 Å². The summed E-state index contributed by atoms with van der Waals surface area (Å²) in [5, 5.41) is 9.12. The van der Waals surface area contributed by atoms with Gasteiger partial charge >= 0.3 is 0 Å². The van der Waals surface area contributed by atoms with Gasteiger partial charge in [-0.3, -0.25) is 0 Å². The highest BCUT2D eigenvalue weighted by Crippen LogP contribution is 2.21. The summed E-state index contributed by atoms with van der Waals surface area (Å²) >= 11 is 0. The highest BCUT2D eigenvalue weighted by molar-refractivity contribution is 7.89. The van der Waals surface area contributed by atoms with Crippen LogP contribution in [-0.4, -0.2) is 33.3 Å². The Morgan fingerprint density at radius 2 is 2.05 bits per heavy atom. The van der Waals surface area contributed by atoms with Gasteiger partial charge in [-0.15, -0.1) is 0 Å². The monoisotopic (exact) mass is 291 g/mol. The van der Waals surface area contributed by atoms with Crippen molar-refractivity contribution in [3.63, 3.8) is 0 Å². The van der Waals surface area contributed by atoms with Crippen LogP contribution in [0, 0.1) is 11.7 Å². The molecule has 2 N–H and O–H groups in total. The summed E-state index contributed by atoms with van der Waals surface area (Å²) in [4.78, 5) is -0.204. The smallest absolute Gasteiger partial charge is 0.241 e. The maximum atomic E-state index is 13.5. The van der Waals surface area contributed by atoms with Gasteiger partial charge in [-0.25, -0.2) is 17.5 Å². The van der Waals surface area contributed by atoms with E-state index in [1.807, 2.05) is 0 Å². The van der Waals surface area contributed by atoms with Crippen molar-refractivity contribution in [3.8, 4) is 5.75 Å². The van der Waals surface area contributed by atoms with Crippen LogP contribution in [0.15, 0.2) is 23.1 Å². The van der Waals surface area contributed by atoms with E-state index in [4.69, 9.17) is 9.84 Å². The third-order valence-electron chi connectivity index (χ3n) is 2.74. The Labute approximate surface area is 112 Å². The fourth-order valence-electron chi connectivity index (χ4n) is 1.47. The Morgan fingerprint density at radius 1 is 1.42 bits per heavy atom. The topological polar surface area (TPSA) is 75.6 Å². The maximum absolute atomic E-state index is 13.5. The molecule has 108 valence electrons. The number of ether oxygens (including phenoxy) is 1. The standard InChI is InChI=1S/C12H18FNO4S/c1-8(2)11(7-15)14-19(16,17)9-4-5-12(18-3)10(13)6-9/h4-6,8,11,14-15H,7H2,1-3H3/t11-/m1/s1. The molecule has 0 heterocycles. The summed E-state index contributed by atoms with van der Waals surface area (Å²) in [5.41, 5.74) is 0. The quantitative estimate of drug-likeness (QED) is 0.824. The summed E-state index contributed by atoms with van der Waals surface area (Å²) < 4.78 is 44.6. The molecule has 0 amide bonds. The molecule has 0 aliphatic rings. The molecule has 1 atom stereocenters. The number of halogens is 1. The van der Waals surface area contributed by atoms with Crippen molar-refractivity contribution in [1.82, 2.24) is 4.72 Å². The van der Waals surface area contributed by atoms with E-state index in [1.165, 1.54) is 19.2 Å². The third-order valence-corrected chi connectivity index (χ3v) is 4.23. The number of hydrogen-bond acceptors (Lipinski definition) is 4. The van der Waals surface area contributed by atoms with Crippen molar-refractivity contribution >= 4 is 10.0 Å². The molecule has 1 aromatic rings. The maximum Gasteiger partial charge on any atom is 0.241 e. The molecule has 0 aromatic heterocycles. The van der Waals surface area contributed by atoms with E-state index < -0.39 is 21.9 Å². The molecule has 0 fully saturated rings. The lowest BCUT2D eigenvalue weighted by Crippen LogP contribution is -2.41. The highest BCUT2D eigenvalue weighted by atomic mass is 32.2. The second kappa shape index (κ2) is 6.31. The van der Waals surface area contributed by atoms with E-state index in [0.29, 0.717) is 0 Å². The van der Waals surface area contributed by atoms with Gasteiger partial charge in [-0.05, 0) is 24.1 Å². The molecule has 5 nitrogen and oxygen atoms in total. The van der Waals surface area contributed by atoms with E-state index in [-0.39, 0.29) is 23.2 Å². The minimum Gasteiger partial charge on any atom is -0.494 e. The number of benzene rings is 1. The third kappa shape index (κ3) is 3.89. The van der Waals surface area contributed by atoms with Crippen LogP contribution in [0.4, 0.5) is 4.39 Å². The van der Waals surface area contributed by atoms with E-state index in [1.54, 1.807) is 13.8 Å². The molecule has 0 saturated carbocycles. The molecular formula is C12H18FNO4S. The van der Waals surface area contributed by atoms with Gasteiger partial charge in [0, 0.05) is 6.04 Å². The van der Waals surface area contributed by atoms with Gasteiger partial charge < -0.3 is 9.84 Å². The first kappa shape index (κ1) is 15.9. The fourth-order valence-corrected chi connectivity index (χ4v) is 2.85. The van der Waals surface area contributed by atoms with E-state index in [9.17, 15) is 12.8 Å². The van der Waals surface area contributed by atoms with Gasteiger partial charge in [0.2, 0.25) is 10.0 Å². The Balaban J connectivity index is 3.03. The van der Waals surface area contributed by atoms with Gasteiger partial charge in [0.25, 0.3) is 0 Å². The number of methoxy groups -OCH3 is 1. The van der Waals surface area contributed by atoms with Crippen molar-refractivity contribution < 1.29 is 22.7 Å². The van der Waals surface area contributed by atoms with Crippen LogP contribution in [0.25, 0.3) is 0 Å². The number of aliphatic hydroxyl groups is 1. The first-order valence-electron chi connectivity index (χ1n) is 5.78. The average Bonchev–Trinajstić information content (AvgIpc) is 2.35. The first-order chi connectivity index (χ1) is 8.81. The van der Waals surface area contributed by atoms with Crippen molar-refractivity contribution in [2.75, 3.05) is 13.7 Å². The van der Waals surface area contributed by atoms with Gasteiger partial charge in [0.05, 0.1) is 18.6 Å². The summed E-state index contributed by atoms with van der Waals surface area (Å²) in [6, 6.07) is 2.76. The molecule has 0 saturated heterocycles. The van der Waals surface area contributed by atoms with E-state index in [0.717, 1.165) is 6.07 Å². The summed E-state index contributed by atoms with van der Waals surface area (Å²) in [6.45, 7) is 3.23. The zero-order chi connectivity index (χ0) is 14.6. The Kier molecular flexibility index (Phi) is 5.28. The van der Waals surface area contributed by atoms with Crippen LogP contribution in [0.2, 0.25) is 0 Å². The highest BCUT2D eigenvalue weighted by Gasteiger charge is 2.22. The lowest BCUT2D eigenvalue weighted by atomic mass is 10.1. The van der Waals surface area contributed by atoms with Gasteiger partial charge in [-0.2, -0.15) is 0 Å². The van der Waals surface area contributed by atoms with Gasteiger partial charge in [-0.1, -0.05) is 13.8 Å². The van der Waals surface area contributed by atoms with Crippen LogP contribution in [-0.2, 0) is 10.0 Å². The molecule has 0 radical (unpaired) electrons. The lowest BCUT2D eigenvalue weighted by Gasteiger charge is -2.19. The molecule has 0 bridgehead atoms. The summed E-state index contributed by atoms with van der Waals surface area (Å²) in [6.07, 6.45) is 0. The Hall–Kier alpha value is -1.18. The van der Waals surface area contributed by atoms with Crippen molar-refractivity contribution in [2.24, 2.45) is 5.92 Å². The second-order valence-electron chi connectivity index (χ2n) is 4.45. The zero-order valence-electron chi connectivity index (χ0n) is 11.1. The minimum atomic E-state index is -3.87. The molecule has 0 aliphatic heterocycles. The Bertz CT molecular complexity index is 531. The summed E-state index contributed by atoms with van der Waals surface area (Å²) in [5.74, 6) is -0.861. The molecule has 7 heteroatoms. The van der Waals surface area contributed by atoms with Crippen molar-refractivity contribution in [1.29, 1.82) is 0 Å². The molecule has 1 rings (SSSR count). The van der Waals surface area contributed by atoms with E-state index >= 15 is 0 Å². The SMILES string of the molecule is COc1ccc(S(=O)(=O)N[C@H](CO)C(C)C)cc1F. The number of rotatable bonds is 6.